The summed E-state index contributed by atoms with van der Waals surface area (Å²) in [5.74, 6) is -0.610. The van der Waals surface area contributed by atoms with E-state index in [4.69, 9.17) is 9.72 Å². The maximum Gasteiger partial charge on any atom is 0.253 e. The molecule has 1 amide bonds. The normalized spacial score (nSPS) is 18.5. The number of hydrogen-bond acceptors (Lipinski definition) is 6. The molecule has 0 spiro atoms. The molecule has 0 N–H and O–H groups in total. The van der Waals surface area contributed by atoms with Gasteiger partial charge in [0.2, 0.25) is 0 Å². The van der Waals surface area contributed by atoms with Gasteiger partial charge in [-0.25, -0.2) is 13.8 Å². The van der Waals surface area contributed by atoms with E-state index in [0.717, 1.165) is 43.4 Å². The molecule has 0 aliphatic carbocycles. The van der Waals surface area contributed by atoms with Gasteiger partial charge in [-0.15, -0.1) is 0 Å². The van der Waals surface area contributed by atoms with Crippen LogP contribution < -0.4 is 9.80 Å². The van der Waals surface area contributed by atoms with Crippen molar-refractivity contribution >= 4 is 28.4 Å². The quantitative estimate of drug-likeness (QED) is 0.582. The first-order valence-electron chi connectivity index (χ1n) is 11.5. The molecule has 0 bridgehead atoms. The predicted octanol–water partition coefficient (Wildman–Crippen LogP) is 3.79. The summed E-state index contributed by atoms with van der Waals surface area (Å²) in [5.41, 5.74) is 3.16. The summed E-state index contributed by atoms with van der Waals surface area (Å²) in [7, 11) is 3.41. The van der Waals surface area contributed by atoms with Crippen molar-refractivity contribution in [2.45, 2.75) is 18.9 Å². The number of ether oxygens (including phenoxy) is 1. The van der Waals surface area contributed by atoms with Crippen molar-refractivity contribution < 1.29 is 18.3 Å². The van der Waals surface area contributed by atoms with Crippen LogP contribution in [0.15, 0.2) is 36.5 Å². The molecule has 3 aromatic rings. The van der Waals surface area contributed by atoms with Crippen molar-refractivity contribution in [2.24, 2.45) is 0 Å². The van der Waals surface area contributed by atoms with E-state index in [1.54, 1.807) is 26.4 Å². The summed E-state index contributed by atoms with van der Waals surface area (Å²) in [6, 6.07) is 7.01. The molecule has 0 unspecified atom stereocenters. The summed E-state index contributed by atoms with van der Waals surface area (Å²) >= 11 is 0. The number of benzene rings is 2. The maximum atomic E-state index is 14.0. The number of fused-ring (bicyclic) bond motifs is 1. The smallest absolute Gasteiger partial charge is 0.253 e. The van der Waals surface area contributed by atoms with Crippen LogP contribution in [-0.2, 0) is 4.74 Å². The molecule has 0 saturated carbocycles. The van der Waals surface area contributed by atoms with Crippen molar-refractivity contribution in [2.75, 3.05) is 56.7 Å². The Morgan fingerprint density at radius 2 is 1.79 bits per heavy atom. The molecule has 34 heavy (non-hydrogen) atoms. The second-order valence-electron chi connectivity index (χ2n) is 8.94. The molecule has 9 heteroatoms. The fourth-order valence-corrected chi connectivity index (χ4v) is 4.82. The molecule has 2 saturated heterocycles. The van der Waals surface area contributed by atoms with Crippen LogP contribution in [0.1, 0.15) is 34.8 Å². The highest BCUT2D eigenvalue weighted by atomic mass is 19.1. The van der Waals surface area contributed by atoms with Gasteiger partial charge in [0.1, 0.15) is 17.5 Å². The summed E-state index contributed by atoms with van der Waals surface area (Å²) in [6.45, 7) is 3.36. The number of halogens is 2. The lowest BCUT2D eigenvalue weighted by Crippen LogP contribution is -2.36. The molecule has 3 heterocycles. The first-order chi connectivity index (χ1) is 16.4. The van der Waals surface area contributed by atoms with Crippen LogP contribution in [0.5, 0.6) is 0 Å². The lowest BCUT2D eigenvalue weighted by Gasteiger charge is -2.30. The summed E-state index contributed by atoms with van der Waals surface area (Å²) in [4.78, 5) is 28.1. The largest absolute Gasteiger partial charge is 0.378 e. The average molecular weight is 468 g/mol. The highest BCUT2D eigenvalue weighted by Gasteiger charge is 2.30. The number of carbonyl (C=O) groups is 1. The van der Waals surface area contributed by atoms with Crippen LogP contribution in [-0.4, -0.2) is 67.7 Å². The van der Waals surface area contributed by atoms with Crippen LogP contribution in [0, 0.1) is 11.6 Å². The van der Waals surface area contributed by atoms with Crippen LogP contribution >= 0.6 is 0 Å². The molecule has 0 radical (unpaired) electrons. The predicted molar refractivity (Wildman–Crippen MR) is 126 cm³/mol. The number of carbonyl (C=O) groups excluding carboxylic acids is 1. The van der Waals surface area contributed by atoms with Gasteiger partial charge in [-0.2, -0.15) is 0 Å². The molecule has 178 valence electrons. The number of rotatable bonds is 4. The number of aromatic nitrogens is 2. The van der Waals surface area contributed by atoms with Gasteiger partial charge < -0.3 is 19.4 Å². The molecule has 2 aliphatic heterocycles. The number of amides is 1. The van der Waals surface area contributed by atoms with E-state index in [0.29, 0.717) is 42.0 Å². The van der Waals surface area contributed by atoms with Crippen molar-refractivity contribution in [3.63, 3.8) is 0 Å². The van der Waals surface area contributed by atoms with Crippen molar-refractivity contribution in [1.82, 2.24) is 14.9 Å². The summed E-state index contributed by atoms with van der Waals surface area (Å²) in [5, 5.41) is 0. The minimum atomic E-state index is -0.614. The van der Waals surface area contributed by atoms with Gasteiger partial charge in [0.05, 0.1) is 36.5 Å². The van der Waals surface area contributed by atoms with Crippen molar-refractivity contribution in [3.8, 4) is 0 Å². The van der Waals surface area contributed by atoms with E-state index < -0.39 is 11.6 Å². The monoisotopic (exact) mass is 467 g/mol. The lowest BCUT2D eigenvalue weighted by molar-refractivity contribution is 0.0827. The lowest BCUT2D eigenvalue weighted by atomic mass is 9.98. The second kappa shape index (κ2) is 9.13. The van der Waals surface area contributed by atoms with Gasteiger partial charge in [0.15, 0.2) is 0 Å². The molecule has 2 fully saturated rings. The summed E-state index contributed by atoms with van der Waals surface area (Å²) < 4.78 is 33.5. The zero-order valence-electron chi connectivity index (χ0n) is 19.3. The molecular weight excluding hydrogens is 440 g/mol. The van der Waals surface area contributed by atoms with Crippen molar-refractivity contribution in [3.05, 3.63) is 59.3 Å². The maximum absolute atomic E-state index is 14.0. The molecule has 1 atom stereocenters. The third-order valence-electron chi connectivity index (χ3n) is 6.44. The molecule has 2 aromatic carbocycles. The van der Waals surface area contributed by atoms with E-state index in [1.807, 2.05) is 11.0 Å². The van der Waals surface area contributed by atoms with Crippen LogP contribution in [0.25, 0.3) is 11.0 Å². The van der Waals surface area contributed by atoms with E-state index in [2.05, 4.69) is 9.88 Å². The number of anilines is 2. The Labute approximate surface area is 196 Å². The fraction of sp³-hybridized carbons (Fsp3) is 0.400. The van der Waals surface area contributed by atoms with E-state index in [-0.39, 0.29) is 11.9 Å². The molecule has 1 aromatic heterocycles. The topological polar surface area (TPSA) is 61.8 Å². The van der Waals surface area contributed by atoms with Gasteiger partial charge in [0.25, 0.3) is 5.91 Å². The van der Waals surface area contributed by atoms with Crippen LogP contribution in [0.4, 0.5) is 20.3 Å². The summed E-state index contributed by atoms with van der Waals surface area (Å²) in [6.07, 6.45) is 3.36. The van der Waals surface area contributed by atoms with Gasteiger partial charge in [-0.3, -0.25) is 9.78 Å². The highest BCUT2D eigenvalue weighted by Crippen LogP contribution is 2.39. The van der Waals surface area contributed by atoms with E-state index in [1.165, 1.54) is 17.0 Å². The Kier molecular flexibility index (Phi) is 6.03. The standard InChI is InChI=1S/C25H27F2N5O2/c1-30(2)25(33)16-10-20(22-4-3-5-32(22)19-13-17(26)12-18(27)14-19)24-21(11-16)28-15-23(29-24)31-6-8-34-9-7-31/h10-15,22H,3-9H2,1-2H3/t22-/m0/s1. The number of morpholine rings is 1. The van der Waals surface area contributed by atoms with Crippen LogP contribution in [0.2, 0.25) is 0 Å². The first-order valence-corrected chi connectivity index (χ1v) is 11.5. The van der Waals surface area contributed by atoms with Gasteiger partial charge in [-0.05, 0) is 37.1 Å². The zero-order valence-corrected chi connectivity index (χ0v) is 19.3. The third-order valence-corrected chi connectivity index (χ3v) is 6.44. The second-order valence-corrected chi connectivity index (χ2v) is 8.94. The average Bonchev–Trinajstić information content (AvgIpc) is 3.32. The van der Waals surface area contributed by atoms with Crippen molar-refractivity contribution in [1.29, 1.82) is 0 Å². The molecular formula is C25H27F2N5O2. The Bertz CT molecular complexity index is 1210. The van der Waals surface area contributed by atoms with Gasteiger partial charge in [-0.1, -0.05) is 0 Å². The number of nitrogens with zero attached hydrogens (tertiary/aromatic N) is 5. The number of hydrogen-bond donors (Lipinski definition) is 0. The fourth-order valence-electron chi connectivity index (χ4n) is 4.82. The Balaban J connectivity index is 1.64. The van der Waals surface area contributed by atoms with Gasteiger partial charge in [0, 0.05) is 56.6 Å². The first kappa shape index (κ1) is 22.5. The molecule has 5 rings (SSSR count). The van der Waals surface area contributed by atoms with E-state index in [9.17, 15) is 13.6 Å². The third kappa shape index (κ3) is 4.27. The van der Waals surface area contributed by atoms with Crippen LogP contribution in [0.3, 0.4) is 0 Å². The van der Waals surface area contributed by atoms with Gasteiger partial charge >= 0.3 is 0 Å². The Hall–Kier alpha value is -3.33. The Morgan fingerprint density at radius 3 is 2.50 bits per heavy atom. The molecule has 2 aliphatic rings. The van der Waals surface area contributed by atoms with E-state index >= 15 is 0 Å². The molecule has 7 nitrogen and oxygen atoms in total. The minimum absolute atomic E-state index is 0.136. The zero-order chi connectivity index (χ0) is 23.8. The SMILES string of the molecule is CN(C)C(=O)c1cc([C@@H]2CCCN2c2cc(F)cc(F)c2)c2nc(N3CCOCC3)cnc2c1. The minimum Gasteiger partial charge on any atom is -0.378 e. The Morgan fingerprint density at radius 1 is 1.06 bits per heavy atom. The highest BCUT2D eigenvalue weighted by molar-refractivity contribution is 5.98.